The molecule has 6 nitrogen and oxygen atoms in total. The second-order valence-electron chi connectivity index (χ2n) is 10.0. The van der Waals surface area contributed by atoms with Crippen molar-refractivity contribution in [3.05, 3.63) is 41.6 Å². The van der Waals surface area contributed by atoms with E-state index in [1.54, 1.807) is 9.58 Å². The first-order valence-electron chi connectivity index (χ1n) is 12.0. The molecular weight excluding hydrogens is 400 g/mol. The van der Waals surface area contributed by atoms with Gasteiger partial charge in [0.15, 0.2) is 0 Å². The summed E-state index contributed by atoms with van der Waals surface area (Å²) in [6.07, 6.45) is 6.13. The van der Waals surface area contributed by atoms with Gasteiger partial charge in [0.1, 0.15) is 5.82 Å². The Morgan fingerprint density at radius 3 is 2.47 bits per heavy atom. The van der Waals surface area contributed by atoms with Crippen molar-refractivity contribution in [2.75, 3.05) is 18.4 Å². The zero-order chi connectivity index (χ0) is 23.3. The summed E-state index contributed by atoms with van der Waals surface area (Å²) in [7, 11) is 0. The summed E-state index contributed by atoms with van der Waals surface area (Å²) in [5.74, 6) is 0.645. The number of carbonyl (C=O) groups excluding carboxylic acids is 2. The van der Waals surface area contributed by atoms with Crippen LogP contribution in [-0.2, 0) is 15.0 Å². The normalized spacial score (nSPS) is 14.9. The fraction of sp³-hybridized carbons (Fsp3) is 0.577. The number of hydrogen-bond acceptors (Lipinski definition) is 3. The van der Waals surface area contributed by atoms with Crippen LogP contribution in [0, 0.1) is 12.8 Å². The van der Waals surface area contributed by atoms with Crippen molar-refractivity contribution < 1.29 is 9.59 Å². The van der Waals surface area contributed by atoms with E-state index in [-0.39, 0.29) is 29.7 Å². The molecule has 1 aromatic carbocycles. The Hall–Kier alpha value is -2.63. The Balaban J connectivity index is 1.81. The molecule has 1 aliphatic carbocycles. The highest BCUT2D eigenvalue weighted by molar-refractivity contribution is 5.94. The van der Waals surface area contributed by atoms with Crippen molar-refractivity contribution >= 4 is 17.6 Å². The van der Waals surface area contributed by atoms with Crippen LogP contribution in [0.15, 0.2) is 30.3 Å². The summed E-state index contributed by atoms with van der Waals surface area (Å²) in [5, 5.41) is 7.85. The molecule has 0 aliphatic heterocycles. The third-order valence-corrected chi connectivity index (χ3v) is 6.18. The maximum absolute atomic E-state index is 13.1. The number of anilines is 1. The van der Waals surface area contributed by atoms with Crippen LogP contribution in [0.3, 0.4) is 0 Å². The molecule has 0 spiro atoms. The van der Waals surface area contributed by atoms with Crippen LogP contribution >= 0.6 is 0 Å². The van der Waals surface area contributed by atoms with E-state index >= 15 is 0 Å². The first-order valence-corrected chi connectivity index (χ1v) is 12.0. The van der Waals surface area contributed by atoms with Crippen molar-refractivity contribution in [1.29, 1.82) is 0 Å². The standard InChI is InChI=1S/C26H38N4O2/c1-6-16-29(25(32)20-13-8-7-9-14-20)18-24(31)27-23-17-22(26(3,4)5)28-30(23)21-15-11-10-12-19(21)2/h10-12,15,17,20H,6-9,13-14,16,18H2,1-5H3,(H,27,31). The van der Waals surface area contributed by atoms with E-state index in [2.05, 4.69) is 26.1 Å². The van der Waals surface area contributed by atoms with Gasteiger partial charge in [-0.3, -0.25) is 9.59 Å². The average Bonchev–Trinajstić information content (AvgIpc) is 3.18. The number of para-hydroxylation sites is 1. The minimum absolute atomic E-state index is 0.0630. The molecule has 0 radical (unpaired) electrons. The van der Waals surface area contributed by atoms with E-state index in [9.17, 15) is 9.59 Å². The molecule has 3 rings (SSSR count). The molecule has 0 bridgehead atoms. The predicted molar refractivity (Wildman–Crippen MR) is 129 cm³/mol. The Morgan fingerprint density at radius 2 is 1.84 bits per heavy atom. The molecule has 2 amide bonds. The number of aryl methyl sites for hydroxylation is 1. The Morgan fingerprint density at radius 1 is 1.16 bits per heavy atom. The van der Waals surface area contributed by atoms with E-state index in [4.69, 9.17) is 5.10 Å². The zero-order valence-corrected chi connectivity index (χ0v) is 20.3. The minimum atomic E-state index is -0.183. The van der Waals surface area contributed by atoms with Crippen LogP contribution in [0.1, 0.15) is 77.5 Å². The van der Waals surface area contributed by atoms with Gasteiger partial charge in [-0.1, -0.05) is 65.2 Å². The van der Waals surface area contributed by atoms with Crippen LogP contribution < -0.4 is 5.32 Å². The maximum atomic E-state index is 13.1. The van der Waals surface area contributed by atoms with Crippen molar-refractivity contribution in [2.24, 2.45) is 5.92 Å². The summed E-state index contributed by atoms with van der Waals surface area (Å²) in [4.78, 5) is 27.9. The first-order chi connectivity index (χ1) is 15.2. The molecule has 1 fully saturated rings. The third kappa shape index (κ3) is 5.78. The van der Waals surface area contributed by atoms with E-state index in [0.717, 1.165) is 49.0 Å². The second kappa shape index (κ2) is 10.3. The number of hydrogen-bond donors (Lipinski definition) is 1. The molecule has 1 aliphatic rings. The van der Waals surface area contributed by atoms with Crippen molar-refractivity contribution in [3.63, 3.8) is 0 Å². The molecule has 1 aromatic heterocycles. The molecule has 1 saturated carbocycles. The van der Waals surface area contributed by atoms with Crippen LogP contribution in [0.2, 0.25) is 0 Å². The van der Waals surface area contributed by atoms with Gasteiger partial charge in [-0.25, -0.2) is 4.68 Å². The number of aromatic nitrogens is 2. The summed E-state index contributed by atoms with van der Waals surface area (Å²) in [6.45, 7) is 11.1. The number of rotatable bonds is 7. The van der Waals surface area contributed by atoms with Gasteiger partial charge < -0.3 is 10.2 Å². The highest BCUT2D eigenvalue weighted by atomic mass is 16.2. The third-order valence-electron chi connectivity index (χ3n) is 6.18. The van der Waals surface area contributed by atoms with E-state index in [1.807, 2.05) is 44.2 Å². The lowest BCUT2D eigenvalue weighted by Crippen LogP contribution is -2.42. The van der Waals surface area contributed by atoms with Gasteiger partial charge in [0.05, 0.1) is 17.9 Å². The molecule has 32 heavy (non-hydrogen) atoms. The first kappa shape index (κ1) is 24.0. The lowest BCUT2D eigenvalue weighted by Gasteiger charge is -2.28. The predicted octanol–water partition coefficient (Wildman–Crippen LogP) is 5.24. The van der Waals surface area contributed by atoms with Crippen LogP contribution in [0.4, 0.5) is 5.82 Å². The molecule has 174 valence electrons. The number of carbonyl (C=O) groups is 2. The maximum Gasteiger partial charge on any atom is 0.245 e. The zero-order valence-electron chi connectivity index (χ0n) is 20.3. The minimum Gasteiger partial charge on any atom is -0.333 e. The number of benzene rings is 1. The summed E-state index contributed by atoms with van der Waals surface area (Å²) in [5.41, 5.74) is 2.76. The number of nitrogens with one attached hydrogen (secondary N) is 1. The van der Waals surface area contributed by atoms with Gasteiger partial charge in [0, 0.05) is 23.9 Å². The number of nitrogens with zero attached hydrogens (tertiary/aromatic N) is 3. The molecule has 0 unspecified atom stereocenters. The van der Waals surface area contributed by atoms with Crippen LogP contribution in [-0.4, -0.2) is 39.6 Å². The largest absolute Gasteiger partial charge is 0.333 e. The van der Waals surface area contributed by atoms with Gasteiger partial charge in [-0.2, -0.15) is 5.10 Å². The molecule has 1 heterocycles. The average molecular weight is 439 g/mol. The van der Waals surface area contributed by atoms with E-state index in [0.29, 0.717) is 12.4 Å². The Bertz CT molecular complexity index is 936. The van der Waals surface area contributed by atoms with Crippen molar-refractivity contribution in [3.8, 4) is 5.69 Å². The lowest BCUT2D eigenvalue weighted by molar-refractivity contribution is -0.139. The smallest absolute Gasteiger partial charge is 0.245 e. The van der Waals surface area contributed by atoms with Gasteiger partial charge in [0.25, 0.3) is 0 Å². The Kier molecular flexibility index (Phi) is 7.75. The lowest BCUT2D eigenvalue weighted by atomic mass is 9.88. The fourth-order valence-corrected chi connectivity index (χ4v) is 4.32. The van der Waals surface area contributed by atoms with Crippen molar-refractivity contribution in [1.82, 2.24) is 14.7 Å². The summed E-state index contributed by atoms with van der Waals surface area (Å²) in [6, 6.07) is 9.94. The van der Waals surface area contributed by atoms with Gasteiger partial charge in [-0.05, 0) is 37.8 Å². The highest BCUT2D eigenvalue weighted by Gasteiger charge is 2.28. The molecule has 2 aromatic rings. The van der Waals surface area contributed by atoms with Gasteiger partial charge >= 0.3 is 0 Å². The van der Waals surface area contributed by atoms with E-state index in [1.165, 1.54) is 6.42 Å². The Labute approximate surface area is 192 Å². The molecular formula is C26H38N4O2. The molecule has 1 N–H and O–H groups in total. The van der Waals surface area contributed by atoms with Gasteiger partial charge in [-0.15, -0.1) is 0 Å². The van der Waals surface area contributed by atoms with E-state index < -0.39 is 0 Å². The molecule has 6 heteroatoms. The van der Waals surface area contributed by atoms with Crippen molar-refractivity contribution in [2.45, 2.75) is 78.6 Å². The highest BCUT2D eigenvalue weighted by Crippen LogP contribution is 2.28. The molecule has 0 atom stereocenters. The van der Waals surface area contributed by atoms with Crippen LogP contribution in [0.25, 0.3) is 5.69 Å². The van der Waals surface area contributed by atoms with Crippen LogP contribution in [0.5, 0.6) is 0 Å². The van der Waals surface area contributed by atoms with Gasteiger partial charge in [0.2, 0.25) is 11.8 Å². The quantitative estimate of drug-likeness (QED) is 0.643. The summed E-state index contributed by atoms with van der Waals surface area (Å²) < 4.78 is 1.81. The fourth-order valence-electron chi connectivity index (χ4n) is 4.32. The topological polar surface area (TPSA) is 67.2 Å². The number of amides is 2. The SMILES string of the molecule is CCCN(CC(=O)Nc1cc(C(C)(C)C)nn1-c1ccccc1C)C(=O)C1CCCCC1. The second-order valence-corrected chi connectivity index (χ2v) is 10.0. The molecule has 0 saturated heterocycles. The monoisotopic (exact) mass is 438 g/mol. The summed E-state index contributed by atoms with van der Waals surface area (Å²) >= 11 is 0.